The third kappa shape index (κ3) is 3.52. The number of ketones is 1. The number of pyridine rings is 1. The number of hydrogen-bond donors (Lipinski definition) is 1. The van der Waals surface area contributed by atoms with E-state index >= 15 is 0 Å². The number of hydrogen-bond acceptors (Lipinski definition) is 3. The van der Waals surface area contributed by atoms with Gasteiger partial charge in [-0.1, -0.05) is 32.0 Å². The number of carbonyl (C=O) groups excluding carboxylic acids is 2. The number of anilines is 1. The van der Waals surface area contributed by atoms with E-state index in [0.29, 0.717) is 22.9 Å². The van der Waals surface area contributed by atoms with E-state index < -0.39 is 0 Å². The van der Waals surface area contributed by atoms with Crippen molar-refractivity contribution in [2.24, 2.45) is 5.92 Å². The van der Waals surface area contributed by atoms with E-state index in [1.807, 2.05) is 41.8 Å². The third-order valence-electron chi connectivity index (χ3n) is 4.32. The molecule has 3 aromatic rings. The average Bonchev–Trinajstić information content (AvgIpc) is 2.95. The summed E-state index contributed by atoms with van der Waals surface area (Å²) in [5.41, 5.74) is 3.27. The number of benzene rings is 1. The van der Waals surface area contributed by atoms with Crippen LogP contribution in [-0.2, 0) is 6.42 Å². The lowest BCUT2D eigenvalue weighted by atomic mass is 10.1. The lowest BCUT2D eigenvalue weighted by molar-refractivity contribution is 0.101. The smallest absolute Gasteiger partial charge is 0.276 e. The highest BCUT2D eigenvalue weighted by atomic mass is 16.2. The molecular formula is C21H23N3O2. The minimum absolute atomic E-state index is 0.0350. The van der Waals surface area contributed by atoms with Crippen molar-refractivity contribution in [2.75, 3.05) is 5.32 Å². The molecule has 0 aliphatic rings. The standard InChI is InChI=1S/C21H23N3O2/c1-13(2)11-19-23-20(18-7-5-6-10-24(18)19)21(26)22-17-12-16(15(4)25)9-8-14(17)3/h5-10,12-13H,11H2,1-4H3,(H,22,26). The maximum atomic E-state index is 12.9. The molecule has 26 heavy (non-hydrogen) atoms. The SMILES string of the molecule is CC(=O)c1ccc(C)c(NC(=O)c2nc(CC(C)C)n3ccccc23)c1. The van der Waals surface area contributed by atoms with E-state index in [9.17, 15) is 9.59 Å². The van der Waals surface area contributed by atoms with E-state index in [4.69, 9.17) is 0 Å². The van der Waals surface area contributed by atoms with E-state index in [0.717, 1.165) is 23.3 Å². The van der Waals surface area contributed by atoms with Crippen LogP contribution in [0.25, 0.3) is 5.52 Å². The van der Waals surface area contributed by atoms with Crippen molar-refractivity contribution in [2.45, 2.75) is 34.1 Å². The van der Waals surface area contributed by atoms with Gasteiger partial charge in [0.05, 0.1) is 5.52 Å². The Morgan fingerprint density at radius 3 is 2.65 bits per heavy atom. The average molecular weight is 349 g/mol. The molecule has 3 rings (SSSR count). The van der Waals surface area contributed by atoms with E-state index in [1.54, 1.807) is 12.1 Å². The van der Waals surface area contributed by atoms with Gasteiger partial charge in [-0.25, -0.2) is 4.98 Å². The second-order valence-corrected chi connectivity index (χ2v) is 6.97. The molecule has 0 aliphatic heterocycles. The Labute approximate surface area is 153 Å². The van der Waals surface area contributed by atoms with E-state index in [2.05, 4.69) is 24.1 Å². The Balaban J connectivity index is 1.98. The summed E-state index contributed by atoms with van der Waals surface area (Å²) in [6.07, 6.45) is 2.72. The number of aromatic nitrogens is 2. The zero-order chi connectivity index (χ0) is 18.8. The van der Waals surface area contributed by atoms with Crippen LogP contribution >= 0.6 is 0 Å². The zero-order valence-corrected chi connectivity index (χ0v) is 15.5. The molecule has 0 aliphatic carbocycles. The molecule has 1 N–H and O–H groups in total. The predicted octanol–water partition coefficient (Wildman–Crippen LogP) is 4.30. The lowest BCUT2D eigenvalue weighted by Gasteiger charge is -2.09. The van der Waals surface area contributed by atoms with Crippen LogP contribution in [0.2, 0.25) is 0 Å². The topological polar surface area (TPSA) is 63.5 Å². The fourth-order valence-corrected chi connectivity index (χ4v) is 2.93. The predicted molar refractivity (Wildman–Crippen MR) is 103 cm³/mol. The monoisotopic (exact) mass is 349 g/mol. The van der Waals surface area contributed by atoms with Gasteiger partial charge >= 0.3 is 0 Å². The summed E-state index contributed by atoms with van der Waals surface area (Å²) < 4.78 is 1.97. The van der Waals surface area contributed by atoms with Gasteiger partial charge < -0.3 is 9.72 Å². The van der Waals surface area contributed by atoms with Crippen molar-refractivity contribution in [3.63, 3.8) is 0 Å². The van der Waals surface area contributed by atoms with Crippen LogP contribution in [0.4, 0.5) is 5.69 Å². The lowest BCUT2D eigenvalue weighted by Crippen LogP contribution is -2.14. The first-order valence-electron chi connectivity index (χ1n) is 8.75. The van der Waals surface area contributed by atoms with Gasteiger partial charge in [0.2, 0.25) is 0 Å². The Bertz CT molecular complexity index is 986. The van der Waals surface area contributed by atoms with Gasteiger partial charge in [0.15, 0.2) is 11.5 Å². The van der Waals surface area contributed by atoms with Gasteiger partial charge in [-0.3, -0.25) is 9.59 Å². The molecule has 1 aromatic carbocycles. The molecule has 0 saturated carbocycles. The summed E-state index contributed by atoms with van der Waals surface area (Å²) in [7, 11) is 0. The van der Waals surface area contributed by atoms with Crippen LogP contribution in [0.15, 0.2) is 42.6 Å². The normalized spacial score (nSPS) is 11.1. The molecule has 0 spiro atoms. The Kier molecular flexibility index (Phi) is 4.89. The van der Waals surface area contributed by atoms with Crippen LogP contribution < -0.4 is 5.32 Å². The number of aryl methyl sites for hydroxylation is 1. The Hall–Kier alpha value is -2.95. The minimum Gasteiger partial charge on any atom is -0.320 e. The summed E-state index contributed by atoms with van der Waals surface area (Å²) in [5.74, 6) is 1.00. The van der Waals surface area contributed by atoms with Crippen LogP contribution in [0.1, 0.15) is 53.0 Å². The number of Topliss-reactive ketones (excluding diaryl/α,β-unsaturated/α-hetero) is 1. The van der Waals surface area contributed by atoms with Gasteiger partial charge in [-0.2, -0.15) is 0 Å². The molecule has 2 heterocycles. The first-order valence-corrected chi connectivity index (χ1v) is 8.75. The molecule has 1 amide bonds. The van der Waals surface area contributed by atoms with Crippen LogP contribution in [-0.4, -0.2) is 21.1 Å². The summed E-state index contributed by atoms with van der Waals surface area (Å²) in [4.78, 5) is 29.1. The molecule has 0 fully saturated rings. The highest BCUT2D eigenvalue weighted by Crippen LogP contribution is 2.21. The molecule has 0 saturated heterocycles. The summed E-state index contributed by atoms with van der Waals surface area (Å²) >= 11 is 0. The Morgan fingerprint density at radius 1 is 1.19 bits per heavy atom. The number of carbonyl (C=O) groups is 2. The fourth-order valence-electron chi connectivity index (χ4n) is 2.93. The third-order valence-corrected chi connectivity index (χ3v) is 4.32. The number of amides is 1. The van der Waals surface area contributed by atoms with Crippen molar-refractivity contribution in [1.82, 2.24) is 9.38 Å². The van der Waals surface area contributed by atoms with Crippen molar-refractivity contribution in [1.29, 1.82) is 0 Å². The minimum atomic E-state index is -0.271. The number of nitrogens with zero attached hydrogens (tertiary/aromatic N) is 2. The molecular weight excluding hydrogens is 326 g/mol. The molecule has 2 aromatic heterocycles. The Morgan fingerprint density at radius 2 is 1.96 bits per heavy atom. The van der Waals surface area contributed by atoms with E-state index in [1.165, 1.54) is 6.92 Å². The summed E-state index contributed by atoms with van der Waals surface area (Å²) in [6.45, 7) is 7.66. The van der Waals surface area contributed by atoms with Crippen molar-refractivity contribution < 1.29 is 9.59 Å². The first-order chi connectivity index (χ1) is 12.4. The summed E-state index contributed by atoms with van der Waals surface area (Å²) in [6, 6.07) is 11.0. The van der Waals surface area contributed by atoms with Gasteiger partial charge in [-0.05, 0) is 43.5 Å². The second-order valence-electron chi connectivity index (χ2n) is 6.97. The van der Waals surface area contributed by atoms with Crippen LogP contribution in [0.3, 0.4) is 0 Å². The molecule has 0 atom stereocenters. The van der Waals surface area contributed by atoms with Gasteiger partial charge in [0.25, 0.3) is 5.91 Å². The van der Waals surface area contributed by atoms with Crippen LogP contribution in [0.5, 0.6) is 0 Å². The maximum absolute atomic E-state index is 12.9. The highest BCUT2D eigenvalue weighted by molar-refractivity contribution is 6.08. The van der Waals surface area contributed by atoms with Crippen molar-refractivity contribution in [3.8, 4) is 0 Å². The first kappa shape index (κ1) is 17.9. The van der Waals surface area contributed by atoms with Crippen molar-refractivity contribution >= 4 is 22.9 Å². The van der Waals surface area contributed by atoms with Gasteiger partial charge in [0.1, 0.15) is 5.82 Å². The number of fused-ring (bicyclic) bond motifs is 1. The molecule has 5 nitrogen and oxygen atoms in total. The summed E-state index contributed by atoms with van der Waals surface area (Å²) in [5, 5.41) is 2.91. The molecule has 0 unspecified atom stereocenters. The van der Waals surface area contributed by atoms with Gasteiger partial charge in [0, 0.05) is 23.9 Å². The molecule has 134 valence electrons. The fraction of sp³-hybridized carbons (Fsp3) is 0.286. The van der Waals surface area contributed by atoms with Crippen LogP contribution in [0, 0.1) is 12.8 Å². The molecule has 0 radical (unpaired) electrons. The van der Waals surface area contributed by atoms with Crippen molar-refractivity contribution in [3.05, 3.63) is 65.2 Å². The largest absolute Gasteiger partial charge is 0.320 e. The highest BCUT2D eigenvalue weighted by Gasteiger charge is 2.18. The van der Waals surface area contributed by atoms with Gasteiger partial charge in [-0.15, -0.1) is 0 Å². The number of imidazole rings is 1. The van der Waals surface area contributed by atoms with E-state index in [-0.39, 0.29) is 11.7 Å². The molecule has 5 heteroatoms. The molecule has 0 bridgehead atoms. The quantitative estimate of drug-likeness (QED) is 0.699. The maximum Gasteiger partial charge on any atom is 0.276 e. The second kappa shape index (κ2) is 7.12. The number of nitrogens with one attached hydrogen (secondary N) is 1. The number of rotatable bonds is 5. The zero-order valence-electron chi connectivity index (χ0n) is 15.5.